The molecule has 4 rings (SSSR count). The highest BCUT2D eigenvalue weighted by atomic mass is 32.2. The Morgan fingerprint density at radius 1 is 1.18 bits per heavy atom. The molecule has 0 radical (unpaired) electrons. The molecule has 1 aromatic heterocycles. The summed E-state index contributed by atoms with van der Waals surface area (Å²) in [6.45, 7) is 0.483. The third kappa shape index (κ3) is 3.27. The Labute approximate surface area is 160 Å². The van der Waals surface area contributed by atoms with E-state index in [0.717, 1.165) is 23.7 Å². The third-order valence-electron chi connectivity index (χ3n) is 4.92. The molecule has 0 aliphatic carbocycles. The predicted octanol–water partition coefficient (Wildman–Crippen LogP) is 3.23. The molecule has 146 valence electrons. The van der Waals surface area contributed by atoms with E-state index in [0.29, 0.717) is 24.3 Å². The molecule has 1 fully saturated rings. The zero-order valence-corrected chi connectivity index (χ0v) is 15.5. The first-order chi connectivity index (χ1) is 13.4. The Kier molecular flexibility index (Phi) is 4.64. The highest BCUT2D eigenvalue weighted by molar-refractivity contribution is 7.89. The van der Waals surface area contributed by atoms with Crippen LogP contribution in [0.2, 0.25) is 0 Å². The number of sulfonamides is 1. The Bertz CT molecular complexity index is 1120. The van der Waals surface area contributed by atoms with E-state index in [9.17, 15) is 17.6 Å². The number of aromatic carboxylic acids is 1. The maximum absolute atomic E-state index is 13.6. The van der Waals surface area contributed by atoms with Gasteiger partial charge >= 0.3 is 5.97 Å². The van der Waals surface area contributed by atoms with Crippen molar-refractivity contribution in [3.63, 3.8) is 0 Å². The number of halogens is 1. The summed E-state index contributed by atoms with van der Waals surface area (Å²) >= 11 is 0. The lowest BCUT2D eigenvalue weighted by atomic mass is 9.98. The average Bonchev–Trinajstić information content (AvgIpc) is 3.12. The van der Waals surface area contributed by atoms with Gasteiger partial charge in [0, 0.05) is 19.0 Å². The number of carboxylic acids is 1. The molecule has 1 aliphatic heterocycles. The summed E-state index contributed by atoms with van der Waals surface area (Å²) in [4.78, 5) is 15.3. The number of aromatic nitrogens is 1. The van der Waals surface area contributed by atoms with Crippen molar-refractivity contribution in [1.29, 1.82) is 0 Å². The number of carbonyl (C=O) groups is 1. The van der Waals surface area contributed by atoms with Crippen molar-refractivity contribution < 1.29 is 27.1 Å². The van der Waals surface area contributed by atoms with Crippen LogP contribution in [0, 0.1) is 5.82 Å². The van der Waals surface area contributed by atoms with Crippen LogP contribution >= 0.6 is 0 Å². The Balaban J connectivity index is 1.52. The van der Waals surface area contributed by atoms with Crippen LogP contribution in [0.4, 0.5) is 4.39 Å². The number of benzene rings is 2. The monoisotopic (exact) mass is 404 g/mol. The molecule has 0 saturated carbocycles. The van der Waals surface area contributed by atoms with Gasteiger partial charge in [-0.05, 0) is 43.2 Å². The molecule has 0 amide bonds. The molecule has 0 atom stereocenters. The van der Waals surface area contributed by atoms with Crippen molar-refractivity contribution in [2.24, 2.45) is 0 Å². The quantitative estimate of drug-likeness (QED) is 0.716. The Morgan fingerprint density at radius 2 is 1.89 bits per heavy atom. The fourth-order valence-electron chi connectivity index (χ4n) is 3.39. The molecule has 3 aromatic rings. The first-order valence-corrected chi connectivity index (χ1v) is 10.2. The SMILES string of the molecule is O=C(O)c1cc(S(=O)(=O)N2CCC(c3nc4ccccc4o3)CC2)ccc1F. The van der Waals surface area contributed by atoms with Crippen LogP contribution in [0.25, 0.3) is 11.1 Å². The fraction of sp³-hybridized carbons (Fsp3) is 0.263. The van der Waals surface area contributed by atoms with Gasteiger partial charge in [-0.1, -0.05) is 12.1 Å². The van der Waals surface area contributed by atoms with Gasteiger partial charge in [-0.25, -0.2) is 22.6 Å². The zero-order valence-electron chi connectivity index (χ0n) is 14.7. The van der Waals surface area contributed by atoms with Crippen molar-refractivity contribution in [2.45, 2.75) is 23.7 Å². The minimum absolute atomic E-state index is 0.00153. The molecule has 9 heteroatoms. The second kappa shape index (κ2) is 6.99. The summed E-state index contributed by atoms with van der Waals surface area (Å²) in [5, 5.41) is 9.02. The zero-order chi connectivity index (χ0) is 19.9. The highest BCUT2D eigenvalue weighted by Gasteiger charge is 2.32. The van der Waals surface area contributed by atoms with Crippen LogP contribution in [-0.4, -0.2) is 41.9 Å². The van der Waals surface area contributed by atoms with E-state index in [1.54, 1.807) is 0 Å². The van der Waals surface area contributed by atoms with E-state index >= 15 is 0 Å². The minimum Gasteiger partial charge on any atom is -0.478 e. The number of carboxylic acid groups (broad SMARTS) is 1. The van der Waals surface area contributed by atoms with E-state index < -0.39 is 27.4 Å². The van der Waals surface area contributed by atoms with E-state index in [-0.39, 0.29) is 23.9 Å². The largest absolute Gasteiger partial charge is 0.478 e. The second-order valence-electron chi connectivity index (χ2n) is 6.64. The number of fused-ring (bicyclic) bond motifs is 1. The molecule has 1 aliphatic rings. The van der Waals surface area contributed by atoms with Crippen LogP contribution in [-0.2, 0) is 10.0 Å². The Morgan fingerprint density at radius 3 is 2.57 bits per heavy atom. The van der Waals surface area contributed by atoms with Crippen molar-refractivity contribution in [3.05, 3.63) is 59.7 Å². The van der Waals surface area contributed by atoms with Crippen LogP contribution in [0.15, 0.2) is 51.8 Å². The van der Waals surface area contributed by atoms with Gasteiger partial charge in [0.1, 0.15) is 11.3 Å². The van der Waals surface area contributed by atoms with Gasteiger partial charge < -0.3 is 9.52 Å². The number of rotatable bonds is 4. The molecule has 7 nitrogen and oxygen atoms in total. The van der Waals surface area contributed by atoms with Gasteiger partial charge in [0.15, 0.2) is 11.5 Å². The van der Waals surface area contributed by atoms with Gasteiger partial charge in [0.2, 0.25) is 10.0 Å². The minimum atomic E-state index is -3.91. The molecule has 28 heavy (non-hydrogen) atoms. The van der Waals surface area contributed by atoms with Crippen molar-refractivity contribution >= 4 is 27.1 Å². The summed E-state index contributed by atoms with van der Waals surface area (Å²) < 4.78 is 46.3. The highest BCUT2D eigenvalue weighted by Crippen LogP contribution is 2.32. The van der Waals surface area contributed by atoms with Gasteiger partial charge in [0.05, 0.1) is 10.5 Å². The number of hydrogen-bond acceptors (Lipinski definition) is 5. The van der Waals surface area contributed by atoms with Gasteiger partial charge in [-0.2, -0.15) is 4.31 Å². The lowest BCUT2D eigenvalue weighted by Gasteiger charge is -2.29. The lowest BCUT2D eigenvalue weighted by molar-refractivity contribution is 0.0691. The summed E-state index contributed by atoms with van der Waals surface area (Å²) in [6, 6.07) is 10.2. The molecule has 0 unspecified atom stereocenters. The number of nitrogens with zero attached hydrogens (tertiary/aromatic N) is 2. The predicted molar refractivity (Wildman–Crippen MR) is 98.1 cm³/mol. The normalized spacial score (nSPS) is 16.5. The van der Waals surface area contributed by atoms with Gasteiger partial charge in [-0.3, -0.25) is 0 Å². The smallest absolute Gasteiger partial charge is 0.338 e. The summed E-state index contributed by atoms with van der Waals surface area (Å²) in [6.07, 6.45) is 1.05. The van der Waals surface area contributed by atoms with Gasteiger partial charge in [-0.15, -0.1) is 0 Å². The number of hydrogen-bond donors (Lipinski definition) is 1. The fourth-order valence-corrected chi connectivity index (χ4v) is 4.88. The molecular formula is C19H17FN2O5S. The van der Waals surface area contributed by atoms with Crippen LogP contribution in [0.5, 0.6) is 0 Å². The van der Waals surface area contributed by atoms with E-state index in [4.69, 9.17) is 9.52 Å². The average molecular weight is 404 g/mol. The van der Waals surface area contributed by atoms with Crippen molar-refractivity contribution in [3.8, 4) is 0 Å². The number of piperidine rings is 1. The maximum Gasteiger partial charge on any atom is 0.338 e. The molecule has 1 N–H and O–H groups in total. The molecule has 2 aromatic carbocycles. The molecule has 2 heterocycles. The topological polar surface area (TPSA) is 101 Å². The van der Waals surface area contributed by atoms with Crippen LogP contribution < -0.4 is 0 Å². The standard InChI is InChI=1S/C19H17FN2O5S/c20-15-6-5-13(11-14(15)19(23)24)28(25,26)22-9-7-12(8-10-22)18-21-16-3-1-2-4-17(16)27-18/h1-6,11-12H,7-10H2,(H,23,24). The van der Waals surface area contributed by atoms with Gasteiger partial charge in [0.25, 0.3) is 0 Å². The lowest BCUT2D eigenvalue weighted by Crippen LogP contribution is -2.38. The Hall–Kier alpha value is -2.78. The molecule has 1 saturated heterocycles. The van der Waals surface area contributed by atoms with Crippen molar-refractivity contribution in [2.75, 3.05) is 13.1 Å². The first kappa shape index (κ1) is 18.6. The summed E-state index contributed by atoms with van der Waals surface area (Å²) in [7, 11) is -3.91. The molecule has 0 spiro atoms. The number of oxazole rings is 1. The van der Waals surface area contributed by atoms with Crippen molar-refractivity contribution in [1.82, 2.24) is 9.29 Å². The maximum atomic E-state index is 13.6. The van der Waals surface area contributed by atoms with Crippen LogP contribution in [0.1, 0.15) is 35.0 Å². The third-order valence-corrected chi connectivity index (χ3v) is 6.81. The second-order valence-corrected chi connectivity index (χ2v) is 8.58. The summed E-state index contributed by atoms with van der Waals surface area (Å²) in [5.41, 5.74) is 0.794. The van der Waals surface area contributed by atoms with E-state index in [1.165, 1.54) is 4.31 Å². The number of para-hydroxylation sites is 2. The molecule has 0 bridgehead atoms. The van der Waals surface area contributed by atoms with E-state index in [1.807, 2.05) is 24.3 Å². The summed E-state index contributed by atoms with van der Waals surface area (Å²) in [5.74, 6) is -1.89. The van der Waals surface area contributed by atoms with Crippen LogP contribution in [0.3, 0.4) is 0 Å². The first-order valence-electron chi connectivity index (χ1n) is 8.75. The van der Waals surface area contributed by atoms with E-state index in [2.05, 4.69) is 4.98 Å². The molecular weight excluding hydrogens is 387 g/mol.